The van der Waals surface area contributed by atoms with Crippen LogP contribution in [-0.2, 0) is 28.9 Å². The van der Waals surface area contributed by atoms with Crippen LogP contribution in [0.1, 0.15) is 48.1 Å². The van der Waals surface area contributed by atoms with Crippen molar-refractivity contribution in [3.8, 4) is 34.5 Å². The Kier molecular flexibility index (Phi) is 13.4. The molecule has 0 aliphatic rings. The minimum absolute atomic E-state index is 0.0372. The number of nitrogens with zero attached hydrogens (tertiary/aromatic N) is 1. The average Bonchev–Trinajstić information content (AvgIpc) is 3.09. The van der Waals surface area contributed by atoms with Gasteiger partial charge in [0.25, 0.3) is 5.91 Å². The Morgan fingerprint density at radius 1 is 0.740 bits per heavy atom. The molecule has 0 saturated carbocycles. The summed E-state index contributed by atoms with van der Waals surface area (Å²) >= 11 is 0. The number of amides is 2. The molecule has 50 heavy (non-hydrogen) atoms. The van der Waals surface area contributed by atoms with Crippen molar-refractivity contribution in [3.05, 3.63) is 107 Å². The number of aryl methyl sites for hydroxylation is 3. The van der Waals surface area contributed by atoms with Gasteiger partial charge in [-0.25, -0.2) is 0 Å². The minimum atomic E-state index is -0.510. The molecule has 0 spiro atoms. The Morgan fingerprint density at radius 3 is 2.12 bits per heavy atom. The summed E-state index contributed by atoms with van der Waals surface area (Å²) in [6, 6.07) is 22.9. The number of ether oxygens (including phenoxy) is 2. The highest BCUT2D eigenvalue weighted by Gasteiger charge is 2.25. The maximum Gasteiger partial charge on any atom is 0.258 e. The van der Waals surface area contributed by atoms with Crippen molar-refractivity contribution in [1.29, 1.82) is 0 Å². The highest BCUT2D eigenvalue weighted by molar-refractivity contribution is 5.78. The normalized spacial score (nSPS) is 12.2. The standard InChI is InChI=1S/C40H48N2O8/c1-5-49-37-21-31(14-12-27(37)3)17-18-42(40(48)16-15-30-13-11-26(2)33(43)20-30)24-28(4)32(19-29-9-7-6-8-10-29)41-39(47)25-50-38-23-35(45)34(44)22-36(38)46/h6-14,20-23,28,32,43-46H,5,15-19,24-25H2,1-4H3,(H,41,47)/t28?,32-/m0/s1. The lowest BCUT2D eigenvalue weighted by Gasteiger charge is -2.31. The van der Waals surface area contributed by atoms with Gasteiger partial charge < -0.3 is 40.1 Å². The van der Waals surface area contributed by atoms with Crippen LogP contribution in [0.2, 0.25) is 0 Å². The highest BCUT2D eigenvalue weighted by Crippen LogP contribution is 2.37. The van der Waals surface area contributed by atoms with Crippen molar-refractivity contribution in [2.45, 2.75) is 59.4 Å². The Labute approximate surface area is 293 Å². The van der Waals surface area contributed by atoms with E-state index in [1.165, 1.54) is 0 Å². The average molecular weight is 685 g/mol. The lowest BCUT2D eigenvalue weighted by atomic mass is 9.93. The van der Waals surface area contributed by atoms with Crippen molar-refractivity contribution in [3.63, 3.8) is 0 Å². The molecule has 1 unspecified atom stereocenters. The van der Waals surface area contributed by atoms with Crippen LogP contribution in [-0.4, -0.2) is 69.5 Å². The lowest BCUT2D eigenvalue weighted by molar-refractivity contribution is -0.131. The molecule has 4 rings (SSSR count). The summed E-state index contributed by atoms with van der Waals surface area (Å²) in [5.41, 5.74) is 4.74. The molecule has 10 nitrogen and oxygen atoms in total. The van der Waals surface area contributed by atoms with Gasteiger partial charge in [-0.05, 0) is 85.9 Å². The molecule has 0 aliphatic carbocycles. The van der Waals surface area contributed by atoms with Crippen LogP contribution in [0.15, 0.2) is 78.9 Å². The van der Waals surface area contributed by atoms with Crippen LogP contribution >= 0.6 is 0 Å². The number of phenolic OH excluding ortho intramolecular Hbond substituents is 4. The first kappa shape index (κ1) is 37.4. The SMILES string of the molecule is CCOc1cc(CCN(CC(C)[C@H](Cc2ccccc2)NC(=O)COc2cc(O)c(O)cc2O)C(=O)CCc2ccc(C)c(O)c2)ccc1C. The number of aromatic hydroxyl groups is 4. The van der Waals surface area contributed by atoms with Gasteiger partial charge >= 0.3 is 0 Å². The third-order valence-corrected chi connectivity index (χ3v) is 8.73. The van der Waals surface area contributed by atoms with Gasteiger partial charge in [-0.2, -0.15) is 0 Å². The highest BCUT2D eigenvalue weighted by atomic mass is 16.5. The Morgan fingerprint density at radius 2 is 1.42 bits per heavy atom. The summed E-state index contributed by atoms with van der Waals surface area (Å²) < 4.78 is 11.3. The molecule has 5 N–H and O–H groups in total. The van der Waals surface area contributed by atoms with E-state index in [0.717, 1.165) is 45.7 Å². The molecule has 4 aromatic carbocycles. The van der Waals surface area contributed by atoms with Gasteiger partial charge in [-0.15, -0.1) is 0 Å². The van der Waals surface area contributed by atoms with E-state index in [1.54, 1.807) is 6.07 Å². The molecule has 0 heterocycles. The number of rotatable bonds is 17. The molecular formula is C40H48N2O8. The van der Waals surface area contributed by atoms with E-state index >= 15 is 0 Å². The van der Waals surface area contributed by atoms with Crippen molar-refractivity contribution < 1.29 is 39.5 Å². The third-order valence-electron chi connectivity index (χ3n) is 8.73. The fourth-order valence-electron chi connectivity index (χ4n) is 5.70. The monoisotopic (exact) mass is 684 g/mol. The number of hydrogen-bond donors (Lipinski definition) is 5. The zero-order valence-electron chi connectivity index (χ0n) is 29.2. The quantitative estimate of drug-likeness (QED) is 0.0675. The van der Waals surface area contributed by atoms with Gasteiger partial charge in [0.05, 0.1) is 6.61 Å². The zero-order valence-corrected chi connectivity index (χ0v) is 29.2. The largest absolute Gasteiger partial charge is 0.508 e. The van der Waals surface area contributed by atoms with E-state index in [0.29, 0.717) is 39.0 Å². The number of carbonyl (C=O) groups excluding carboxylic acids is 2. The summed E-state index contributed by atoms with van der Waals surface area (Å²) in [4.78, 5) is 28.9. The number of carbonyl (C=O) groups is 2. The van der Waals surface area contributed by atoms with Crippen LogP contribution in [0, 0.1) is 19.8 Å². The predicted octanol–water partition coefficient (Wildman–Crippen LogP) is 5.97. The first-order valence-corrected chi connectivity index (χ1v) is 16.9. The Hall–Kier alpha value is -5.38. The molecule has 2 atom stereocenters. The van der Waals surface area contributed by atoms with E-state index in [2.05, 4.69) is 5.32 Å². The molecule has 0 radical (unpaired) electrons. The van der Waals surface area contributed by atoms with Gasteiger partial charge in [-0.1, -0.05) is 61.5 Å². The summed E-state index contributed by atoms with van der Waals surface area (Å²) in [6.07, 6.45) is 1.83. The Bertz CT molecular complexity index is 1740. The number of nitrogens with one attached hydrogen (secondary N) is 1. The van der Waals surface area contributed by atoms with Crippen LogP contribution in [0.3, 0.4) is 0 Å². The van der Waals surface area contributed by atoms with E-state index in [4.69, 9.17) is 9.47 Å². The van der Waals surface area contributed by atoms with Crippen LogP contribution in [0.25, 0.3) is 0 Å². The van der Waals surface area contributed by atoms with Crippen LogP contribution in [0.5, 0.6) is 34.5 Å². The van der Waals surface area contributed by atoms with E-state index in [1.807, 2.05) is 93.3 Å². The first-order chi connectivity index (χ1) is 23.9. The fourth-order valence-corrected chi connectivity index (χ4v) is 5.70. The molecule has 2 amide bonds. The van der Waals surface area contributed by atoms with Crippen molar-refractivity contribution in [1.82, 2.24) is 10.2 Å². The second-order valence-corrected chi connectivity index (χ2v) is 12.7. The smallest absolute Gasteiger partial charge is 0.258 e. The number of phenols is 4. The topological polar surface area (TPSA) is 149 Å². The molecule has 266 valence electrons. The van der Waals surface area contributed by atoms with Gasteiger partial charge in [-0.3, -0.25) is 9.59 Å². The van der Waals surface area contributed by atoms with Crippen molar-refractivity contribution >= 4 is 11.8 Å². The number of benzene rings is 4. The molecule has 0 aromatic heterocycles. The second-order valence-electron chi connectivity index (χ2n) is 12.7. The Balaban J connectivity index is 1.51. The van der Waals surface area contributed by atoms with E-state index < -0.39 is 29.8 Å². The van der Waals surface area contributed by atoms with E-state index in [-0.39, 0.29) is 35.8 Å². The molecule has 10 heteroatoms. The first-order valence-electron chi connectivity index (χ1n) is 16.9. The summed E-state index contributed by atoms with van der Waals surface area (Å²) in [5.74, 6) is -1.22. The summed E-state index contributed by atoms with van der Waals surface area (Å²) in [7, 11) is 0. The molecule has 0 saturated heterocycles. The van der Waals surface area contributed by atoms with Gasteiger partial charge in [0.15, 0.2) is 29.6 Å². The maximum atomic E-state index is 13.9. The van der Waals surface area contributed by atoms with Crippen LogP contribution in [0.4, 0.5) is 0 Å². The van der Waals surface area contributed by atoms with E-state index in [9.17, 15) is 30.0 Å². The van der Waals surface area contributed by atoms with Crippen LogP contribution < -0.4 is 14.8 Å². The number of hydrogen-bond acceptors (Lipinski definition) is 8. The predicted molar refractivity (Wildman–Crippen MR) is 192 cm³/mol. The fraction of sp³-hybridized carbons (Fsp3) is 0.350. The van der Waals surface area contributed by atoms with Gasteiger partial charge in [0.1, 0.15) is 11.5 Å². The van der Waals surface area contributed by atoms with Gasteiger partial charge in [0.2, 0.25) is 5.91 Å². The van der Waals surface area contributed by atoms with Crippen molar-refractivity contribution in [2.75, 3.05) is 26.3 Å². The maximum absolute atomic E-state index is 13.9. The van der Waals surface area contributed by atoms with Gasteiger partial charge in [0, 0.05) is 37.7 Å². The summed E-state index contributed by atoms with van der Waals surface area (Å²) in [5, 5.41) is 42.7. The summed E-state index contributed by atoms with van der Waals surface area (Å²) in [6.45, 7) is 8.70. The third kappa shape index (κ3) is 10.8. The molecular weight excluding hydrogens is 636 g/mol. The second kappa shape index (κ2) is 17.9. The lowest BCUT2D eigenvalue weighted by Crippen LogP contribution is -2.48. The molecule has 0 bridgehead atoms. The molecule has 0 fully saturated rings. The zero-order chi connectivity index (χ0) is 36.2. The molecule has 0 aliphatic heterocycles. The molecule has 4 aromatic rings. The minimum Gasteiger partial charge on any atom is -0.508 e. The van der Waals surface area contributed by atoms with Crippen molar-refractivity contribution in [2.24, 2.45) is 5.92 Å².